The van der Waals surface area contributed by atoms with Crippen LogP contribution in [0.5, 0.6) is 5.75 Å². The summed E-state index contributed by atoms with van der Waals surface area (Å²) in [5.74, 6) is 0.219. The van der Waals surface area contributed by atoms with E-state index in [2.05, 4.69) is 0 Å². The minimum atomic E-state index is -1.03. The van der Waals surface area contributed by atoms with E-state index in [1.54, 1.807) is 37.3 Å². The molecule has 18 heavy (non-hydrogen) atoms. The number of rotatable bonds is 3. The van der Waals surface area contributed by atoms with Gasteiger partial charge in [0, 0.05) is 17.0 Å². The Kier molecular flexibility index (Phi) is 3.60. The minimum absolute atomic E-state index is 0.219. The van der Waals surface area contributed by atoms with Gasteiger partial charge in [0.05, 0.1) is 5.60 Å². The molecule has 0 aliphatic carbocycles. The van der Waals surface area contributed by atoms with Gasteiger partial charge >= 0.3 is 0 Å². The first-order valence-electron chi connectivity index (χ1n) is 5.74. The molecule has 2 aromatic carbocycles. The second kappa shape index (κ2) is 5.01. The zero-order valence-corrected chi connectivity index (χ0v) is 10.9. The second-order valence-corrected chi connectivity index (χ2v) is 5.00. The highest BCUT2D eigenvalue weighted by Gasteiger charge is 2.25. The van der Waals surface area contributed by atoms with Crippen molar-refractivity contribution < 1.29 is 10.2 Å². The van der Waals surface area contributed by atoms with Crippen molar-refractivity contribution in [1.29, 1.82) is 0 Å². The van der Waals surface area contributed by atoms with Crippen LogP contribution in [0.3, 0.4) is 0 Å². The molecule has 1 atom stereocenters. The number of aromatic hydroxyl groups is 1. The van der Waals surface area contributed by atoms with Crippen LogP contribution in [0.25, 0.3) is 0 Å². The molecule has 0 heterocycles. The predicted octanol–water partition coefficient (Wildman–Crippen LogP) is 3.50. The molecule has 2 rings (SSSR count). The van der Waals surface area contributed by atoms with Crippen LogP contribution in [0.4, 0.5) is 0 Å². The van der Waals surface area contributed by atoms with Crippen LogP contribution in [0, 0.1) is 0 Å². The molecule has 0 aromatic heterocycles. The largest absolute Gasteiger partial charge is 0.508 e. The highest BCUT2D eigenvalue weighted by molar-refractivity contribution is 6.31. The number of phenolic OH excluding ortho intramolecular Hbond substituents is 1. The van der Waals surface area contributed by atoms with E-state index in [1.807, 2.05) is 18.2 Å². The smallest absolute Gasteiger partial charge is 0.115 e. The van der Waals surface area contributed by atoms with Gasteiger partial charge in [0.2, 0.25) is 0 Å². The average molecular weight is 263 g/mol. The Morgan fingerprint density at radius 3 is 2.28 bits per heavy atom. The van der Waals surface area contributed by atoms with Gasteiger partial charge in [0.1, 0.15) is 5.75 Å². The minimum Gasteiger partial charge on any atom is -0.508 e. The fourth-order valence-electron chi connectivity index (χ4n) is 2.00. The number of halogens is 1. The molecule has 2 N–H and O–H groups in total. The third-order valence-electron chi connectivity index (χ3n) is 2.94. The topological polar surface area (TPSA) is 40.5 Å². The number of hydrogen-bond acceptors (Lipinski definition) is 2. The molecule has 0 bridgehead atoms. The monoisotopic (exact) mass is 262 g/mol. The van der Waals surface area contributed by atoms with E-state index >= 15 is 0 Å². The van der Waals surface area contributed by atoms with Crippen LogP contribution in [0.2, 0.25) is 5.02 Å². The van der Waals surface area contributed by atoms with E-state index in [9.17, 15) is 10.2 Å². The molecule has 0 amide bonds. The Morgan fingerprint density at radius 2 is 1.67 bits per heavy atom. The Hall–Kier alpha value is -1.51. The van der Waals surface area contributed by atoms with Crippen LogP contribution in [-0.4, -0.2) is 10.2 Å². The molecule has 0 saturated heterocycles. The lowest BCUT2D eigenvalue weighted by Gasteiger charge is -2.25. The molecular weight excluding hydrogens is 248 g/mol. The van der Waals surface area contributed by atoms with Crippen LogP contribution < -0.4 is 0 Å². The van der Waals surface area contributed by atoms with Gasteiger partial charge in [0.15, 0.2) is 0 Å². The SMILES string of the molecule is CC(O)(Cc1ccc(O)cc1)c1ccccc1Cl. The first-order chi connectivity index (χ1) is 8.49. The third-order valence-corrected chi connectivity index (χ3v) is 3.27. The zero-order chi connectivity index (χ0) is 13.2. The summed E-state index contributed by atoms with van der Waals surface area (Å²) in [6, 6.07) is 14.1. The summed E-state index contributed by atoms with van der Waals surface area (Å²) in [7, 11) is 0. The Morgan fingerprint density at radius 1 is 1.06 bits per heavy atom. The molecule has 0 spiro atoms. The fourth-order valence-corrected chi connectivity index (χ4v) is 2.34. The summed E-state index contributed by atoms with van der Waals surface area (Å²) >= 11 is 6.10. The molecule has 2 aromatic rings. The number of benzene rings is 2. The van der Waals surface area contributed by atoms with E-state index in [1.165, 1.54) is 0 Å². The van der Waals surface area contributed by atoms with Gasteiger partial charge in [0.25, 0.3) is 0 Å². The lowest BCUT2D eigenvalue weighted by molar-refractivity contribution is 0.0577. The lowest BCUT2D eigenvalue weighted by atomic mass is 9.89. The van der Waals surface area contributed by atoms with E-state index < -0.39 is 5.60 Å². The second-order valence-electron chi connectivity index (χ2n) is 4.60. The van der Waals surface area contributed by atoms with Gasteiger partial charge in [-0.15, -0.1) is 0 Å². The standard InChI is InChI=1S/C15H15ClO2/c1-15(18,13-4-2-3-5-14(13)16)10-11-6-8-12(17)9-7-11/h2-9,17-18H,10H2,1H3. The van der Waals surface area contributed by atoms with Crippen molar-refractivity contribution in [3.63, 3.8) is 0 Å². The summed E-state index contributed by atoms with van der Waals surface area (Å²) < 4.78 is 0. The molecule has 0 saturated carbocycles. The molecule has 2 nitrogen and oxygen atoms in total. The van der Waals surface area contributed by atoms with Gasteiger partial charge in [-0.1, -0.05) is 41.9 Å². The van der Waals surface area contributed by atoms with Crippen molar-refractivity contribution in [2.75, 3.05) is 0 Å². The molecule has 0 fully saturated rings. The van der Waals surface area contributed by atoms with Gasteiger partial charge in [-0.05, 0) is 30.7 Å². The van der Waals surface area contributed by atoms with Crippen molar-refractivity contribution in [2.24, 2.45) is 0 Å². The van der Waals surface area contributed by atoms with E-state index in [0.29, 0.717) is 17.0 Å². The Balaban J connectivity index is 2.27. The summed E-state index contributed by atoms with van der Waals surface area (Å²) in [4.78, 5) is 0. The molecular formula is C15H15ClO2. The van der Waals surface area contributed by atoms with Crippen molar-refractivity contribution in [2.45, 2.75) is 18.9 Å². The van der Waals surface area contributed by atoms with Gasteiger partial charge in [-0.25, -0.2) is 0 Å². The first kappa shape index (κ1) is 12.9. The Bertz CT molecular complexity index is 532. The summed E-state index contributed by atoms with van der Waals surface area (Å²) in [6.45, 7) is 1.74. The van der Waals surface area contributed by atoms with Gasteiger partial charge < -0.3 is 10.2 Å². The molecule has 94 valence electrons. The van der Waals surface area contributed by atoms with Gasteiger partial charge in [-0.3, -0.25) is 0 Å². The number of hydrogen-bond donors (Lipinski definition) is 2. The van der Waals surface area contributed by atoms with Crippen LogP contribution in [0.1, 0.15) is 18.1 Å². The molecule has 0 aliphatic heterocycles. The van der Waals surface area contributed by atoms with Crippen molar-refractivity contribution >= 4 is 11.6 Å². The molecule has 3 heteroatoms. The van der Waals surface area contributed by atoms with E-state index in [-0.39, 0.29) is 5.75 Å². The quantitative estimate of drug-likeness (QED) is 0.889. The zero-order valence-electron chi connectivity index (χ0n) is 10.1. The molecule has 0 radical (unpaired) electrons. The number of phenols is 1. The van der Waals surface area contributed by atoms with E-state index in [0.717, 1.165) is 5.56 Å². The molecule has 1 unspecified atom stereocenters. The summed E-state index contributed by atoms with van der Waals surface area (Å²) in [5.41, 5.74) is 0.618. The maximum Gasteiger partial charge on any atom is 0.115 e. The van der Waals surface area contributed by atoms with Crippen molar-refractivity contribution in [3.8, 4) is 5.75 Å². The normalized spacial score (nSPS) is 14.2. The maximum atomic E-state index is 10.5. The third kappa shape index (κ3) is 2.84. The summed E-state index contributed by atoms with van der Waals surface area (Å²) in [6.07, 6.45) is 0.441. The highest BCUT2D eigenvalue weighted by atomic mass is 35.5. The lowest BCUT2D eigenvalue weighted by Crippen LogP contribution is -2.24. The van der Waals surface area contributed by atoms with Crippen LogP contribution in [-0.2, 0) is 12.0 Å². The Labute approximate surface area is 111 Å². The van der Waals surface area contributed by atoms with Gasteiger partial charge in [-0.2, -0.15) is 0 Å². The average Bonchev–Trinajstić information content (AvgIpc) is 2.32. The highest BCUT2D eigenvalue weighted by Crippen LogP contribution is 2.31. The summed E-state index contributed by atoms with van der Waals surface area (Å²) in [5, 5.41) is 20.3. The van der Waals surface area contributed by atoms with Crippen LogP contribution >= 0.6 is 11.6 Å². The first-order valence-corrected chi connectivity index (χ1v) is 6.12. The van der Waals surface area contributed by atoms with Crippen LogP contribution in [0.15, 0.2) is 48.5 Å². The number of aliphatic hydroxyl groups is 1. The fraction of sp³-hybridized carbons (Fsp3) is 0.200. The van der Waals surface area contributed by atoms with E-state index in [4.69, 9.17) is 11.6 Å². The molecule has 0 aliphatic rings. The van der Waals surface area contributed by atoms with Crippen molar-refractivity contribution in [1.82, 2.24) is 0 Å². The maximum absolute atomic E-state index is 10.5. The van der Waals surface area contributed by atoms with Crippen molar-refractivity contribution in [3.05, 3.63) is 64.7 Å². The predicted molar refractivity (Wildman–Crippen MR) is 72.8 cm³/mol.